The fourth-order valence-corrected chi connectivity index (χ4v) is 4.33. The zero-order chi connectivity index (χ0) is 15.0. The first-order valence-corrected chi connectivity index (χ1v) is 10.9. The van der Waals surface area contributed by atoms with E-state index in [9.17, 15) is 5.11 Å². The summed E-state index contributed by atoms with van der Waals surface area (Å²) >= 11 is 0. The van der Waals surface area contributed by atoms with Crippen molar-refractivity contribution in [1.82, 2.24) is 4.90 Å². The third-order valence-corrected chi connectivity index (χ3v) is 9.84. The van der Waals surface area contributed by atoms with Crippen molar-refractivity contribution in [3.05, 3.63) is 12.2 Å². The van der Waals surface area contributed by atoms with Crippen LogP contribution in [0.5, 0.6) is 0 Å². The Balaban J connectivity index is 2.01. The maximum Gasteiger partial charge on any atom is 0.192 e. The van der Waals surface area contributed by atoms with Crippen molar-refractivity contribution in [3.8, 4) is 0 Å². The maximum atomic E-state index is 10.7. The van der Waals surface area contributed by atoms with E-state index in [1.807, 2.05) is 0 Å². The highest BCUT2D eigenvalue weighted by Crippen LogP contribution is 2.39. The molecule has 0 amide bonds. The zero-order valence-electron chi connectivity index (χ0n) is 13.7. The first-order valence-electron chi connectivity index (χ1n) is 7.97. The van der Waals surface area contributed by atoms with E-state index in [1.165, 1.54) is 0 Å². The van der Waals surface area contributed by atoms with Crippen molar-refractivity contribution in [3.63, 3.8) is 0 Å². The van der Waals surface area contributed by atoms with Crippen LogP contribution in [0.3, 0.4) is 0 Å². The molecule has 1 aliphatic heterocycles. The number of aliphatic hydroxyl groups excluding tert-OH is 1. The predicted octanol–water partition coefficient (Wildman–Crippen LogP) is 3.16. The summed E-state index contributed by atoms with van der Waals surface area (Å²) in [6, 6.07) is 0.272. The van der Waals surface area contributed by atoms with Crippen molar-refractivity contribution < 1.29 is 9.53 Å². The molecule has 1 N–H and O–H groups in total. The molecule has 0 aromatic rings. The lowest BCUT2D eigenvalue weighted by Crippen LogP contribution is -2.55. The van der Waals surface area contributed by atoms with Gasteiger partial charge in [-0.15, -0.1) is 0 Å². The van der Waals surface area contributed by atoms with Crippen molar-refractivity contribution in [2.45, 2.75) is 76.4 Å². The summed E-state index contributed by atoms with van der Waals surface area (Å²) in [6.45, 7) is 13.3. The molecule has 1 saturated carbocycles. The number of rotatable bonds is 3. The summed E-state index contributed by atoms with van der Waals surface area (Å²) in [5, 5.41) is 10.9. The van der Waals surface area contributed by atoms with Crippen LogP contribution in [0.4, 0.5) is 0 Å². The Bertz CT molecular complexity index is 354. The smallest absolute Gasteiger partial charge is 0.192 e. The van der Waals surface area contributed by atoms with Crippen molar-refractivity contribution in [2.75, 3.05) is 13.1 Å². The summed E-state index contributed by atoms with van der Waals surface area (Å²) in [5.74, 6) is 0. The van der Waals surface area contributed by atoms with Crippen LogP contribution < -0.4 is 0 Å². The molecule has 1 heterocycles. The van der Waals surface area contributed by atoms with E-state index in [0.717, 1.165) is 32.4 Å². The molecule has 0 aromatic carbocycles. The second-order valence-electron chi connectivity index (χ2n) is 7.83. The van der Waals surface area contributed by atoms with Gasteiger partial charge in [0.25, 0.3) is 0 Å². The van der Waals surface area contributed by atoms with E-state index in [-0.39, 0.29) is 23.3 Å². The van der Waals surface area contributed by atoms with Gasteiger partial charge >= 0.3 is 0 Å². The van der Waals surface area contributed by atoms with Gasteiger partial charge in [-0.05, 0) is 37.4 Å². The molecule has 2 rings (SSSR count). The summed E-state index contributed by atoms with van der Waals surface area (Å²) in [5.41, 5.74) is 0. The molecule has 1 fully saturated rings. The summed E-state index contributed by atoms with van der Waals surface area (Å²) in [6.07, 6.45) is 7.35. The minimum Gasteiger partial charge on any atom is -0.411 e. The highest BCUT2D eigenvalue weighted by molar-refractivity contribution is 6.74. The third-order valence-electron chi connectivity index (χ3n) is 5.33. The van der Waals surface area contributed by atoms with Gasteiger partial charge in [0.15, 0.2) is 8.32 Å². The monoisotopic (exact) mass is 297 g/mol. The van der Waals surface area contributed by atoms with Crippen LogP contribution in [0.1, 0.15) is 40.0 Å². The molecule has 3 atom stereocenters. The van der Waals surface area contributed by atoms with E-state index in [1.54, 1.807) is 0 Å². The van der Waals surface area contributed by atoms with Crippen LogP contribution in [0.15, 0.2) is 12.2 Å². The SMILES string of the molecule is CC(C)(C)[Si](C)(C)O[C@H]1CCC[C@H](N2CC=CC2)[C@@H]1O. The van der Waals surface area contributed by atoms with Crippen molar-refractivity contribution >= 4 is 8.32 Å². The average molecular weight is 298 g/mol. The van der Waals surface area contributed by atoms with Gasteiger partial charge < -0.3 is 9.53 Å². The molecular formula is C16H31NO2Si. The zero-order valence-corrected chi connectivity index (χ0v) is 14.7. The second kappa shape index (κ2) is 5.91. The number of aliphatic hydroxyl groups is 1. The number of nitrogens with zero attached hydrogens (tertiary/aromatic N) is 1. The van der Waals surface area contributed by atoms with E-state index in [4.69, 9.17) is 4.43 Å². The fourth-order valence-electron chi connectivity index (χ4n) is 2.97. The molecule has 0 radical (unpaired) electrons. The molecule has 1 aliphatic carbocycles. The maximum absolute atomic E-state index is 10.7. The van der Waals surface area contributed by atoms with Crippen LogP contribution >= 0.6 is 0 Å². The topological polar surface area (TPSA) is 32.7 Å². The molecule has 0 spiro atoms. The fraction of sp³-hybridized carbons (Fsp3) is 0.875. The Kier molecular flexibility index (Phi) is 4.79. The largest absolute Gasteiger partial charge is 0.411 e. The molecule has 0 bridgehead atoms. The van der Waals surface area contributed by atoms with Gasteiger partial charge in [0, 0.05) is 19.1 Å². The number of hydrogen-bond acceptors (Lipinski definition) is 3. The Morgan fingerprint density at radius 3 is 2.30 bits per heavy atom. The van der Waals surface area contributed by atoms with Crippen LogP contribution in [-0.4, -0.2) is 49.7 Å². The molecule has 4 heteroatoms. The normalized spacial score (nSPS) is 32.8. The Hall–Kier alpha value is -0.163. The lowest BCUT2D eigenvalue weighted by atomic mass is 9.89. The van der Waals surface area contributed by atoms with Crippen LogP contribution in [-0.2, 0) is 4.43 Å². The Morgan fingerprint density at radius 2 is 1.75 bits per heavy atom. The lowest BCUT2D eigenvalue weighted by molar-refractivity contribution is -0.0520. The first-order chi connectivity index (χ1) is 9.22. The summed E-state index contributed by atoms with van der Waals surface area (Å²) in [7, 11) is -1.80. The van der Waals surface area contributed by atoms with E-state index < -0.39 is 8.32 Å². The van der Waals surface area contributed by atoms with Crippen LogP contribution in [0, 0.1) is 0 Å². The molecular weight excluding hydrogens is 266 g/mol. The van der Waals surface area contributed by atoms with Gasteiger partial charge in [-0.2, -0.15) is 0 Å². The number of hydrogen-bond donors (Lipinski definition) is 1. The predicted molar refractivity (Wildman–Crippen MR) is 86.4 cm³/mol. The molecule has 20 heavy (non-hydrogen) atoms. The highest BCUT2D eigenvalue weighted by Gasteiger charge is 2.43. The molecule has 3 nitrogen and oxygen atoms in total. The van der Waals surface area contributed by atoms with Gasteiger partial charge in [-0.1, -0.05) is 32.9 Å². The standard InChI is InChI=1S/C16H31NO2Si/c1-16(2,3)20(4,5)19-14-10-8-9-13(15(14)18)17-11-6-7-12-17/h6-7,13-15,18H,8-12H2,1-5H3/t13-,14-,15-/m0/s1. The van der Waals surface area contributed by atoms with Gasteiger partial charge in [-0.25, -0.2) is 0 Å². The minimum atomic E-state index is -1.80. The van der Waals surface area contributed by atoms with Gasteiger partial charge in [0.2, 0.25) is 0 Å². The van der Waals surface area contributed by atoms with Gasteiger partial charge in [-0.3, -0.25) is 4.90 Å². The molecule has 0 aromatic heterocycles. The molecule has 2 aliphatic rings. The van der Waals surface area contributed by atoms with E-state index >= 15 is 0 Å². The highest BCUT2D eigenvalue weighted by atomic mass is 28.4. The van der Waals surface area contributed by atoms with Crippen LogP contribution in [0.25, 0.3) is 0 Å². The van der Waals surface area contributed by atoms with Gasteiger partial charge in [0.1, 0.15) is 0 Å². The lowest BCUT2D eigenvalue weighted by Gasteiger charge is -2.45. The average Bonchev–Trinajstić information content (AvgIpc) is 2.83. The minimum absolute atomic E-state index is 0.0234. The van der Waals surface area contributed by atoms with Gasteiger partial charge in [0.05, 0.1) is 12.2 Å². The van der Waals surface area contributed by atoms with Crippen LogP contribution in [0.2, 0.25) is 18.1 Å². The van der Waals surface area contributed by atoms with Crippen molar-refractivity contribution in [2.24, 2.45) is 0 Å². The Morgan fingerprint density at radius 1 is 1.15 bits per heavy atom. The first kappa shape index (κ1) is 16.2. The second-order valence-corrected chi connectivity index (χ2v) is 12.6. The van der Waals surface area contributed by atoms with E-state index in [2.05, 4.69) is 50.9 Å². The molecule has 0 unspecified atom stereocenters. The Labute approximate surface area is 125 Å². The summed E-state index contributed by atoms with van der Waals surface area (Å²) < 4.78 is 6.49. The third kappa shape index (κ3) is 3.35. The quantitative estimate of drug-likeness (QED) is 0.641. The summed E-state index contributed by atoms with van der Waals surface area (Å²) in [4.78, 5) is 2.38. The van der Waals surface area contributed by atoms with E-state index in [0.29, 0.717) is 0 Å². The van der Waals surface area contributed by atoms with Crippen molar-refractivity contribution in [1.29, 1.82) is 0 Å². The molecule has 116 valence electrons. The molecule has 0 saturated heterocycles.